The third-order valence-electron chi connectivity index (χ3n) is 4.10. The molecule has 0 N–H and O–H groups in total. The van der Waals surface area contributed by atoms with Gasteiger partial charge in [0.25, 0.3) is 0 Å². The Balaban J connectivity index is 2.10. The molecular weight excluding hydrogens is 260 g/mol. The van der Waals surface area contributed by atoms with E-state index in [1.807, 2.05) is 4.40 Å². The number of halogens is 1. The second-order valence-electron chi connectivity index (χ2n) is 6.05. The quantitative estimate of drug-likeness (QED) is 0.805. The van der Waals surface area contributed by atoms with Gasteiger partial charge in [-0.05, 0) is 25.2 Å². The zero-order valence-corrected chi connectivity index (χ0v) is 12.2. The molecular formula is C14H19ClN4. The van der Waals surface area contributed by atoms with Gasteiger partial charge in [-0.15, -0.1) is 10.2 Å². The Bertz CT molecular complexity index is 584. The van der Waals surface area contributed by atoms with Gasteiger partial charge in [0, 0.05) is 11.5 Å². The van der Waals surface area contributed by atoms with Crippen LogP contribution in [0.1, 0.15) is 51.8 Å². The van der Waals surface area contributed by atoms with E-state index in [4.69, 9.17) is 11.6 Å². The van der Waals surface area contributed by atoms with Crippen LogP contribution in [0.2, 0.25) is 5.15 Å². The van der Waals surface area contributed by atoms with Crippen molar-refractivity contribution in [1.29, 1.82) is 0 Å². The van der Waals surface area contributed by atoms with Crippen LogP contribution in [0.4, 0.5) is 0 Å². The molecule has 102 valence electrons. The van der Waals surface area contributed by atoms with Gasteiger partial charge >= 0.3 is 0 Å². The highest BCUT2D eigenvalue weighted by Gasteiger charge is 2.40. The first-order valence-electron chi connectivity index (χ1n) is 6.97. The number of hydrogen-bond donors (Lipinski definition) is 0. The van der Waals surface area contributed by atoms with E-state index in [0.29, 0.717) is 11.1 Å². The van der Waals surface area contributed by atoms with Crippen LogP contribution in [0.5, 0.6) is 0 Å². The van der Waals surface area contributed by atoms with Gasteiger partial charge in [-0.1, -0.05) is 38.3 Å². The van der Waals surface area contributed by atoms with Crippen molar-refractivity contribution in [3.8, 4) is 0 Å². The summed E-state index contributed by atoms with van der Waals surface area (Å²) in [6.45, 7) is 4.55. The summed E-state index contributed by atoms with van der Waals surface area (Å²) in [6.07, 6.45) is 7.89. The topological polar surface area (TPSA) is 43.1 Å². The van der Waals surface area contributed by atoms with Gasteiger partial charge in [0.1, 0.15) is 17.3 Å². The Morgan fingerprint density at radius 3 is 2.74 bits per heavy atom. The third-order valence-corrected chi connectivity index (χ3v) is 4.31. The lowest BCUT2D eigenvalue weighted by atomic mass is 9.78. The minimum Gasteiger partial charge on any atom is -0.269 e. The van der Waals surface area contributed by atoms with Crippen molar-refractivity contribution in [3.05, 3.63) is 23.4 Å². The van der Waals surface area contributed by atoms with Crippen molar-refractivity contribution < 1.29 is 0 Å². The number of aromatic nitrogens is 4. The second kappa shape index (κ2) is 4.75. The summed E-state index contributed by atoms with van der Waals surface area (Å²) in [5.74, 6) is 1.73. The van der Waals surface area contributed by atoms with E-state index in [1.165, 1.54) is 25.7 Å². The highest BCUT2D eigenvalue weighted by molar-refractivity contribution is 6.29. The fraction of sp³-hybridized carbons (Fsp3) is 0.643. The van der Waals surface area contributed by atoms with Crippen LogP contribution < -0.4 is 0 Å². The molecule has 2 aromatic heterocycles. The maximum Gasteiger partial charge on any atom is 0.165 e. The molecule has 0 aromatic carbocycles. The molecule has 0 saturated heterocycles. The maximum absolute atomic E-state index is 5.91. The van der Waals surface area contributed by atoms with Crippen LogP contribution in [-0.4, -0.2) is 19.6 Å². The Hall–Kier alpha value is -1.16. The lowest BCUT2D eigenvalue weighted by Crippen LogP contribution is -2.27. The first-order valence-corrected chi connectivity index (χ1v) is 7.35. The molecule has 1 fully saturated rings. The highest BCUT2D eigenvalue weighted by Crippen LogP contribution is 2.44. The van der Waals surface area contributed by atoms with Crippen molar-refractivity contribution in [2.24, 2.45) is 5.92 Å². The van der Waals surface area contributed by atoms with Gasteiger partial charge < -0.3 is 0 Å². The predicted octanol–water partition coefficient (Wildman–Crippen LogP) is 3.64. The Labute approximate surface area is 118 Å². The summed E-state index contributed by atoms with van der Waals surface area (Å²) in [4.78, 5) is 4.17. The van der Waals surface area contributed by atoms with Crippen molar-refractivity contribution in [1.82, 2.24) is 19.6 Å². The van der Waals surface area contributed by atoms with E-state index < -0.39 is 0 Å². The van der Waals surface area contributed by atoms with Gasteiger partial charge in [-0.3, -0.25) is 4.40 Å². The zero-order valence-electron chi connectivity index (χ0n) is 11.4. The first kappa shape index (κ1) is 12.9. The maximum atomic E-state index is 5.91. The second-order valence-corrected chi connectivity index (χ2v) is 6.44. The first-order chi connectivity index (χ1) is 9.11. The van der Waals surface area contributed by atoms with Crippen molar-refractivity contribution >= 4 is 17.2 Å². The Morgan fingerprint density at radius 2 is 2.05 bits per heavy atom. The van der Waals surface area contributed by atoms with Gasteiger partial charge in [0.05, 0.1) is 0 Å². The highest BCUT2D eigenvalue weighted by atomic mass is 35.5. The van der Waals surface area contributed by atoms with Crippen LogP contribution in [-0.2, 0) is 5.41 Å². The monoisotopic (exact) mass is 278 g/mol. The van der Waals surface area contributed by atoms with Gasteiger partial charge in [0.15, 0.2) is 5.65 Å². The lowest BCUT2D eigenvalue weighted by molar-refractivity contribution is 0.326. The van der Waals surface area contributed by atoms with Gasteiger partial charge in [-0.2, -0.15) is 0 Å². The molecule has 0 atom stereocenters. The molecule has 0 spiro atoms. The number of nitrogens with zero attached hydrogens (tertiary/aromatic N) is 4. The minimum absolute atomic E-state index is 0.170. The largest absolute Gasteiger partial charge is 0.269 e. The summed E-state index contributed by atoms with van der Waals surface area (Å²) in [7, 11) is 0. The standard InChI is InChI=1S/C14H19ClN4/c1-10(2)8-14(5-3-4-6-14)13-18-17-12-7-11(15)16-9-19(12)13/h7,9-10H,3-6,8H2,1-2H3. The minimum atomic E-state index is 0.170. The van der Waals surface area contributed by atoms with Crippen molar-refractivity contribution in [3.63, 3.8) is 0 Å². The van der Waals surface area contributed by atoms with Crippen LogP contribution in [0.3, 0.4) is 0 Å². The van der Waals surface area contributed by atoms with Gasteiger partial charge in [-0.25, -0.2) is 4.98 Å². The van der Waals surface area contributed by atoms with Crippen LogP contribution >= 0.6 is 11.6 Å². The van der Waals surface area contributed by atoms with Crippen LogP contribution in [0, 0.1) is 5.92 Å². The molecule has 0 radical (unpaired) electrons. The summed E-state index contributed by atoms with van der Waals surface area (Å²) >= 11 is 5.91. The molecule has 0 amide bonds. The third kappa shape index (κ3) is 2.22. The normalized spacial score (nSPS) is 18.5. The molecule has 4 nitrogen and oxygen atoms in total. The molecule has 0 bridgehead atoms. The van der Waals surface area contributed by atoms with E-state index in [9.17, 15) is 0 Å². The molecule has 1 saturated carbocycles. The summed E-state index contributed by atoms with van der Waals surface area (Å²) < 4.78 is 2.01. The van der Waals surface area contributed by atoms with Crippen molar-refractivity contribution in [2.75, 3.05) is 0 Å². The predicted molar refractivity (Wildman–Crippen MR) is 75.4 cm³/mol. The SMILES string of the molecule is CC(C)CC1(c2nnc3cc(Cl)ncn23)CCCC1. The Morgan fingerprint density at radius 1 is 1.32 bits per heavy atom. The fourth-order valence-corrected chi connectivity index (χ4v) is 3.63. The van der Waals surface area contributed by atoms with Crippen LogP contribution in [0.15, 0.2) is 12.4 Å². The average molecular weight is 279 g/mol. The Kier molecular flexibility index (Phi) is 3.21. The van der Waals surface area contributed by atoms with Crippen LogP contribution in [0.25, 0.3) is 5.65 Å². The zero-order chi connectivity index (χ0) is 13.5. The smallest absolute Gasteiger partial charge is 0.165 e. The molecule has 0 unspecified atom stereocenters. The molecule has 2 heterocycles. The lowest BCUT2D eigenvalue weighted by Gasteiger charge is -2.28. The number of rotatable bonds is 3. The summed E-state index contributed by atoms with van der Waals surface area (Å²) in [5, 5.41) is 9.19. The molecule has 19 heavy (non-hydrogen) atoms. The summed E-state index contributed by atoms with van der Waals surface area (Å²) in [6, 6.07) is 1.77. The number of fused-ring (bicyclic) bond motifs is 1. The van der Waals surface area contributed by atoms with E-state index in [2.05, 4.69) is 29.0 Å². The van der Waals surface area contributed by atoms with Crippen molar-refractivity contribution in [2.45, 2.75) is 51.4 Å². The fourth-order valence-electron chi connectivity index (χ4n) is 3.49. The van der Waals surface area contributed by atoms with E-state index in [0.717, 1.165) is 17.9 Å². The van der Waals surface area contributed by atoms with E-state index >= 15 is 0 Å². The molecule has 1 aliphatic carbocycles. The van der Waals surface area contributed by atoms with E-state index in [-0.39, 0.29) is 5.41 Å². The van der Waals surface area contributed by atoms with E-state index in [1.54, 1.807) is 12.4 Å². The average Bonchev–Trinajstić information content (AvgIpc) is 2.94. The molecule has 0 aliphatic heterocycles. The molecule has 3 rings (SSSR count). The van der Waals surface area contributed by atoms with Gasteiger partial charge in [0.2, 0.25) is 0 Å². The molecule has 2 aromatic rings. The molecule has 1 aliphatic rings. The number of hydrogen-bond acceptors (Lipinski definition) is 3. The molecule has 5 heteroatoms. The summed E-state index contributed by atoms with van der Waals surface area (Å²) in [5.41, 5.74) is 0.966.